The smallest absolute Gasteiger partial charge is 0.305 e. The van der Waals surface area contributed by atoms with Gasteiger partial charge in [-0.3, -0.25) is 9.59 Å². The molecule has 1 amide bonds. The standard InChI is InChI=1S/C10H20N2O6S/c1-10(7-18-3,5-9(14)15)11-8(13)6-12(2)19(4,16)17/h5-7H2,1-4H3,(H,11,13)(H,14,15). The van der Waals surface area contributed by atoms with E-state index in [4.69, 9.17) is 9.84 Å². The van der Waals surface area contributed by atoms with Gasteiger partial charge in [0.1, 0.15) is 0 Å². The molecule has 0 radical (unpaired) electrons. The number of carboxylic acids is 1. The Bertz CT molecular complexity index is 435. The summed E-state index contributed by atoms with van der Waals surface area (Å²) >= 11 is 0. The number of likely N-dealkylation sites (N-methyl/N-ethyl adjacent to an activating group) is 1. The Morgan fingerprint density at radius 2 is 1.95 bits per heavy atom. The van der Waals surface area contributed by atoms with E-state index in [1.807, 2.05) is 0 Å². The maximum absolute atomic E-state index is 11.7. The van der Waals surface area contributed by atoms with Crippen LogP contribution in [0.2, 0.25) is 0 Å². The molecule has 19 heavy (non-hydrogen) atoms. The highest BCUT2D eigenvalue weighted by Crippen LogP contribution is 2.10. The van der Waals surface area contributed by atoms with Gasteiger partial charge in [-0.15, -0.1) is 0 Å². The van der Waals surface area contributed by atoms with Gasteiger partial charge in [-0.25, -0.2) is 8.42 Å². The number of carbonyl (C=O) groups is 2. The number of carbonyl (C=O) groups excluding carboxylic acids is 1. The molecule has 0 aliphatic heterocycles. The third-order valence-electron chi connectivity index (χ3n) is 2.38. The molecular weight excluding hydrogens is 276 g/mol. The van der Waals surface area contributed by atoms with E-state index >= 15 is 0 Å². The van der Waals surface area contributed by atoms with Gasteiger partial charge < -0.3 is 15.2 Å². The monoisotopic (exact) mass is 296 g/mol. The Hall–Kier alpha value is -1.19. The summed E-state index contributed by atoms with van der Waals surface area (Å²) in [6, 6.07) is 0. The minimum atomic E-state index is -3.46. The summed E-state index contributed by atoms with van der Waals surface area (Å²) in [5, 5.41) is 11.3. The Kier molecular flexibility index (Phi) is 6.40. The fourth-order valence-electron chi connectivity index (χ4n) is 1.48. The van der Waals surface area contributed by atoms with Crippen LogP contribution in [0.1, 0.15) is 13.3 Å². The number of sulfonamides is 1. The summed E-state index contributed by atoms with van der Waals surface area (Å²) in [7, 11) is -0.816. The second-order valence-corrected chi connectivity index (χ2v) is 6.72. The number of carboxylic acid groups (broad SMARTS) is 1. The van der Waals surface area contributed by atoms with Crippen LogP contribution in [0.25, 0.3) is 0 Å². The zero-order valence-corrected chi connectivity index (χ0v) is 12.3. The molecule has 0 aromatic carbocycles. The van der Waals surface area contributed by atoms with Gasteiger partial charge in [0.2, 0.25) is 15.9 Å². The van der Waals surface area contributed by atoms with E-state index in [-0.39, 0.29) is 19.6 Å². The van der Waals surface area contributed by atoms with Crippen molar-refractivity contribution in [3.63, 3.8) is 0 Å². The zero-order chi connectivity index (χ0) is 15.3. The van der Waals surface area contributed by atoms with E-state index in [1.165, 1.54) is 21.1 Å². The number of hydrogen-bond donors (Lipinski definition) is 2. The highest BCUT2D eigenvalue weighted by Gasteiger charge is 2.30. The maximum atomic E-state index is 11.7. The van der Waals surface area contributed by atoms with Crippen molar-refractivity contribution in [3.05, 3.63) is 0 Å². The quantitative estimate of drug-likeness (QED) is 0.586. The third-order valence-corrected chi connectivity index (χ3v) is 3.64. The molecule has 2 N–H and O–H groups in total. The first kappa shape index (κ1) is 17.8. The lowest BCUT2D eigenvalue weighted by atomic mass is 9.99. The van der Waals surface area contributed by atoms with Crippen LogP contribution < -0.4 is 5.32 Å². The number of rotatable bonds is 8. The minimum absolute atomic E-state index is 0.00757. The zero-order valence-electron chi connectivity index (χ0n) is 11.5. The molecular formula is C10H20N2O6S. The summed E-state index contributed by atoms with van der Waals surface area (Å²) in [6.45, 7) is 1.15. The number of nitrogens with zero attached hydrogens (tertiary/aromatic N) is 1. The molecule has 0 aliphatic carbocycles. The van der Waals surface area contributed by atoms with Crippen molar-refractivity contribution < 1.29 is 27.9 Å². The first-order chi connectivity index (χ1) is 8.50. The van der Waals surface area contributed by atoms with Gasteiger partial charge in [-0.05, 0) is 6.92 Å². The number of nitrogens with one attached hydrogen (secondary N) is 1. The van der Waals surface area contributed by atoms with Crippen LogP contribution in [0, 0.1) is 0 Å². The van der Waals surface area contributed by atoms with Crippen molar-refractivity contribution in [1.82, 2.24) is 9.62 Å². The molecule has 0 aliphatic rings. The number of aliphatic carboxylic acids is 1. The van der Waals surface area contributed by atoms with Crippen LogP contribution in [-0.4, -0.2) is 68.8 Å². The second kappa shape index (κ2) is 6.83. The molecule has 1 atom stereocenters. The molecule has 1 unspecified atom stereocenters. The van der Waals surface area contributed by atoms with Gasteiger partial charge in [0.05, 0.1) is 31.4 Å². The normalized spacial score (nSPS) is 15.0. The van der Waals surface area contributed by atoms with Crippen LogP contribution in [0.15, 0.2) is 0 Å². The summed E-state index contributed by atoms with van der Waals surface area (Å²) < 4.78 is 28.1. The van der Waals surface area contributed by atoms with Crippen molar-refractivity contribution in [2.45, 2.75) is 18.9 Å². The van der Waals surface area contributed by atoms with Gasteiger partial charge in [0, 0.05) is 14.2 Å². The number of hydrogen-bond acceptors (Lipinski definition) is 5. The van der Waals surface area contributed by atoms with Crippen LogP contribution in [0.4, 0.5) is 0 Å². The Morgan fingerprint density at radius 1 is 1.42 bits per heavy atom. The lowest BCUT2D eigenvalue weighted by Gasteiger charge is -2.29. The fourth-order valence-corrected chi connectivity index (χ4v) is 1.83. The van der Waals surface area contributed by atoms with Gasteiger partial charge in [0.25, 0.3) is 0 Å². The molecule has 0 aromatic rings. The molecule has 0 saturated carbocycles. The van der Waals surface area contributed by atoms with E-state index in [1.54, 1.807) is 0 Å². The average Bonchev–Trinajstić information content (AvgIpc) is 2.13. The molecule has 0 heterocycles. The number of methoxy groups -OCH3 is 1. The van der Waals surface area contributed by atoms with E-state index < -0.39 is 27.4 Å². The lowest BCUT2D eigenvalue weighted by molar-refractivity contribution is -0.139. The average molecular weight is 296 g/mol. The molecule has 8 nitrogen and oxygen atoms in total. The predicted octanol–water partition coefficient (Wildman–Crippen LogP) is -1.13. The summed E-state index contributed by atoms with van der Waals surface area (Å²) in [5.74, 6) is -1.68. The molecule has 112 valence electrons. The lowest BCUT2D eigenvalue weighted by Crippen LogP contribution is -2.53. The van der Waals surface area contributed by atoms with Gasteiger partial charge in [0.15, 0.2) is 0 Å². The Balaban J connectivity index is 4.69. The van der Waals surface area contributed by atoms with Crippen molar-refractivity contribution in [1.29, 1.82) is 0 Å². The molecule has 0 saturated heterocycles. The minimum Gasteiger partial charge on any atom is -0.481 e. The van der Waals surface area contributed by atoms with Crippen LogP contribution in [-0.2, 0) is 24.3 Å². The van der Waals surface area contributed by atoms with Crippen LogP contribution >= 0.6 is 0 Å². The number of ether oxygens (including phenoxy) is 1. The first-order valence-electron chi connectivity index (χ1n) is 5.43. The van der Waals surface area contributed by atoms with Crippen molar-refractivity contribution in [3.8, 4) is 0 Å². The topological polar surface area (TPSA) is 113 Å². The summed E-state index contributed by atoms with van der Waals surface area (Å²) in [6.07, 6.45) is 0.654. The highest BCUT2D eigenvalue weighted by atomic mass is 32.2. The van der Waals surface area contributed by atoms with Crippen LogP contribution in [0.3, 0.4) is 0 Å². The van der Waals surface area contributed by atoms with Gasteiger partial charge in [-0.1, -0.05) is 0 Å². The van der Waals surface area contributed by atoms with Crippen LogP contribution in [0.5, 0.6) is 0 Å². The highest BCUT2D eigenvalue weighted by molar-refractivity contribution is 7.88. The van der Waals surface area contributed by atoms with Crippen molar-refractivity contribution in [2.75, 3.05) is 33.6 Å². The molecule has 9 heteroatoms. The largest absolute Gasteiger partial charge is 0.481 e. The summed E-state index contributed by atoms with van der Waals surface area (Å²) in [4.78, 5) is 22.4. The van der Waals surface area contributed by atoms with E-state index in [0.29, 0.717) is 0 Å². The molecule has 0 spiro atoms. The number of amides is 1. The maximum Gasteiger partial charge on any atom is 0.305 e. The van der Waals surface area contributed by atoms with E-state index in [2.05, 4.69) is 5.32 Å². The second-order valence-electron chi connectivity index (χ2n) is 4.63. The fraction of sp³-hybridized carbons (Fsp3) is 0.800. The van der Waals surface area contributed by atoms with Gasteiger partial charge in [-0.2, -0.15) is 4.31 Å². The Labute approximate surface area is 112 Å². The van der Waals surface area contributed by atoms with E-state index in [0.717, 1.165) is 10.6 Å². The van der Waals surface area contributed by atoms with Gasteiger partial charge >= 0.3 is 5.97 Å². The summed E-state index contributed by atoms with van der Waals surface area (Å²) in [5.41, 5.74) is -1.09. The molecule has 0 fully saturated rings. The molecule has 0 bridgehead atoms. The van der Waals surface area contributed by atoms with E-state index in [9.17, 15) is 18.0 Å². The van der Waals surface area contributed by atoms with Crippen molar-refractivity contribution in [2.24, 2.45) is 0 Å². The Morgan fingerprint density at radius 3 is 2.32 bits per heavy atom. The van der Waals surface area contributed by atoms with Crippen molar-refractivity contribution >= 4 is 21.9 Å². The predicted molar refractivity (Wildman–Crippen MR) is 68.2 cm³/mol. The molecule has 0 rings (SSSR count). The SMILES string of the molecule is COCC(C)(CC(=O)O)NC(=O)CN(C)S(C)(=O)=O. The molecule has 0 aromatic heterocycles. The first-order valence-corrected chi connectivity index (χ1v) is 7.28. The third kappa shape index (κ3) is 7.09.